The maximum atomic E-state index is 5.71. The van der Waals surface area contributed by atoms with Gasteiger partial charge in [0.05, 0.1) is 0 Å². The highest BCUT2D eigenvalue weighted by Gasteiger charge is 2.00. The third kappa shape index (κ3) is 3.91. The maximum Gasteiger partial charge on any atom is 0.122 e. The molecule has 0 atom stereocenters. The Labute approximate surface area is 114 Å². The fraction of sp³-hybridized carbons (Fsp3) is 0.250. The van der Waals surface area contributed by atoms with Crippen molar-refractivity contribution < 1.29 is 9.47 Å². The molecule has 0 unspecified atom stereocenters. The van der Waals surface area contributed by atoms with Gasteiger partial charge in [-0.2, -0.15) is 0 Å². The van der Waals surface area contributed by atoms with Crippen molar-refractivity contribution in [2.75, 3.05) is 18.9 Å². The average molecular weight is 257 g/mol. The van der Waals surface area contributed by atoms with E-state index >= 15 is 0 Å². The van der Waals surface area contributed by atoms with E-state index in [0.29, 0.717) is 18.9 Å². The second-order valence-electron chi connectivity index (χ2n) is 4.54. The van der Waals surface area contributed by atoms with Crippen LogP contribution in [0.25, 0.3) is 0 Å². The molecule has 19 heavy (non-hydrogen) atoms. The fourth-order valence-corrected chi connectivity index (χ4v) is 1.78. The number of aryl methyl sites for hydroxylation is 2. The molecule has 3 heteroatoms. The Hall–Kier alpha value is -2.16. The number of hydrogen-bond acceptors (Lipinski definition) is 3. The van der Waals surface area contributed by atoms with Crippen molar-refractivity contribution >= 4 is 5.69 Å². The lowest BCUT2D eigenvalue weighted by Gasteiger charge is -2.11. The van der Waals surface area contributed by atoms with E-state index in [-0.39, 0.29) is 0 Å². The Morgan fingerprint density at radius 3 is 2.53 bits per heavy atom. The van der Waals surface area contributed by atoms with Crippen LogP contribution in [0.2, 0.25) is 0 Å². The minimum atomic E-state index is 0.497. The fourth-order valence-electron chi connectivity index (χ4n) is 1.78. The Balaban J connectivity index is 1.82. The monoisotopic (exact) mass is 257 g/mol. The zero-order valence-electron chi connectivity index (χ0n) is 11.3. The summed E-state index contributed by atoms with van der Waals surface area (Å²) in [5, 5.41) is 0. The van der Waals surface area contributed by atoms with Crippen LogP contribution in [0, 0.1) is 13.8 Å². The number of hydrogen-bond donors (Lipinski definition) is 1. The molecule has 0 saturated heterocycles. The van der Waals surface area contributed by atoms with Crippen LogP contribution in [0.1, 0.15) is 11.1 Å². The third-order valence-electron chi connectivity index (χ3n) is 2.81. The molecule has 2 N–H and O–H groups in total. The quantitative estimate of drug-likeness (QED) is 0.660. The second-order valence-corrected chi connectivity index (χ2v) is 4.54. The molecule has 0 aliphatic carbocycles. The number of nitrogens with two attached hydrogens (primary N) is 1. The summed E-state index contributed by atoms with van der Waals surface area (Å²) in [7, 11) is 0. The highest BCUT2D eigenvalue weighted by molar-refractivity contribution is 5.43. The van der Waals surface area contributed by atoms with Gasteiger partial charge in [-0.3, -0.25) is 0 Å². The van der Waals surface area contributed by atoms with E-state index in [2.05, 4.69) is 19.1 Å². The van der Waals surface area contributed by atoms with Gasteiger partial charge in [-0.05, 0) is 43.2 Å². The summed E-state index contributed by atoms with van der Waals surface area (Å²) in [6.45, 7) is 5.10. The Morgan fingerprint density at radius 2 is 1.74 bits per heavy atom. The molecule has 3 nitrogen and oxygen atoms in total. The molecule has 0 bridgehead atoms. The number of anilines is 1. The van der Waals surface area contributed by atoms with E-state index in [1.165, 1.54) is 5.56 Å². The molecule has 0 heterocycles. The van der Waals surface area contributed by atoms with Crippen LogP contribution in [-0.2, 0) is 0 Å². The zero-order chi connectivity index (χ0) is 13.7. The molecule has 0 spiro atoms. The largest absolute Gasteiger partial charge is 0.490 e. The predicted molar refractivity (Wildman–Crippen MR) is 77.8 cm³/mol. The van der Waals surface area contributed by atoms with E-state index in [0.717, 1.165) is 17.1 Å². The summed E-state index contributed by atoms with van der Waals surface area (Å²) in [6.07, 6.45) is 0. The number of rotatable bonds is 5. The lowest BCUT2D eigenvalue weighted by molar-refractivity contribution is 0.216. The van der Waals surface area contributed by atoms with Gasteiger partial charge in [0.1, 0.15) is 24.7 Å². The van der Waals surface area contributed by atoms with Gasteiger partial charge in [0.2, 0.25) is 0 Å². The van der Waals surface area contributed by atoms with Crippen LogP contribution >= 0.6 is 0 Å². The highest BCUT2D eigenvalue weighted by atomic mass is 16.5. The van der Waals surface area contributed by atoms with Gasteiger partial charge >= 0.3 is 0 Å². The lowest BCUT2D eigenvalue weighted by Crippen LogP contribution is -2.09. The summed E-state index contributed by atoms with van der Waals surface area (Å²) in [5.74, 6) is 1.68. The molecule has 0 aliphatic heterocycles. The average Bonchev–Trinajstić information content (AvgIpc) is 2.39. The Morgan fingerprint density at radius 1 is 0.947 bits per heavy atom. The van der Waals surface area contributed by atoms with E-state index in [1.54, 1.807) is 6.07 Å². The van der Waals surface area contributed by atoms with Crippen molar-refractivity contribution in [3.63, 3.8) is 0 Å². The van der Waals surface area contributed by atoms with Gasteiger partial charge in [0, 0.05) is 11.8 Å². The predicted octanol–water partition coefficient (Wildman–Crippen LogP) is 3.34. The van der Waals surface area contributed by atoms with Crippen molar-refractivity contribution in [3.8, 4) is 11.5 Å². The first-order valence-corrected chi connectivity index (χ1v) is 6.33. The Kier molecular flexibility index (Phi) is 4.29. The molecular weight excluding hydrogens is 238 g/mol. The van der Waals surface area contributed by atoms with Crippen molar-refractivity contribution in [3.05, 3.63) is 53.6 Å². The van der Waals surface area contributed by atoms with Gasteiger partial charge in [0.25, 0.3) is 0 Å². The minimum absolute atomic E-state index is 0.497. The number of benzene rings is 2. The molecule has 0 radical (unpaired) electrons. The summed E-state index contributed by atoms with van der Waals surface area (Å²) in [4.78, 5) is 0. The second kappa shape index (κ2) is 6.14. The van der Waals surface area contributed by atoms with Gasteiger partial charge in [0.15, 0.2) is 0 Å². The van der Waals surface area contributed by atoms with E-state index in [1.807, 2.05) is 31.2 Å². The molecular formula is C16H19NO2. The van der Waals surface area contributed by atoms with Crippen molar-refractivity contribution in [1.82, 2.24) is 0 Å². The summed E-state index contributed by atoms with van der Waals surface area (Å²) in [5.41, 5.74) is 8.71. The molecule has 0 aliphatic rings. The molecule has 0 aromatic heterocycles. The molecule has 100 valence electrons. The molecule has 0 fully saturated rings. The van der Waals surface area contributed by atoms with Crippen LogP contribution in [0.4, 0.5) is 5.69 Å². The van der Waals surface area contributed by atoms with Crippen molar-refractivity contribution in [1.29, 1.82) is 0 Å². The molecule has 2 aromatic rings. The molecule has 2 aromatic carbocycles. The topological polar surface area (TPSA) is 44.5 Å². The Bertz CT molecular complexity index is 552. The first-order chi connectivity index (χ1) is 9.15. The SMILES string of the molecule is Cc1ccc(C)c(OCCOc2cccc(N)c2)c1. The van der Waals surface area contributed by atoms with Crippen LogP contribution < -0.4 is 15.2 Å². The molecule has 0 saturated carbocycles. The highest BCUT2D eigenvalue weighted by Crippen LogP contribution is 2.19. The van der Waals surface area contributed by atoms with Crippen LogP contribution in [-0.4, -0.2) is 13.2 Å². The summed E-state index contributed by atoms with van der Waals surface area (Å²) in [6, 6.07) is 13.6. The standard InChI is InChI=1S/C16H19NO2/c1-12-6-7-13(2)16(10-12)19-9-8-18-15-5-3-4-14(17)11-15/h3-7,10-11H,8-9,17H2,1-2H3. The zero-order valence-corrected chi connectivity index (χ0v) is 11.3. The third-order valence-corrected chi connectivity index (χ3v) is 2.81. The van der Waals surface area contributed by atoms with E-state index < -0.39 is 0 Å². The number of nitrogen functional groups attached to an aromatic ring is 1. The lowest BCUT2D eigenvalue weighted by atomic mass is 10.1. The van der Waals surface area contributed by atoms with E-state index in [9.17, 15) is 0 Å². The first-order valence-electron chi connectivity index (χ1n) is 6.33. The molecule has 0 amide bonds. The van der Waals surface area contributed by atoms with Gasteiger partial charge in [-0.25, -0.2) is 0 Å². The summed E-state index contributed by atoms with van der Waals surface area (Å²) < 4.78 is 11.3. The van der Waals surface area contributed by atoms with Gasteiger partial charge in [-0.1, -0.05) is 18.2 Å². The van der Waals surface area contributed by atoms with Crippen LogP contribution in [0.3, 0.4) is 0 Å². The van der Waals surface area contributed by atoms with Crippen LogP contribution in [0.15, 0.2) is 42.5 Å². The first kappa shape index (κ1) is 13.3. The smallest absolute Gasteiger partial charge is 0.122 e. The molecule has 2 rings (SSSR count). The van der Waals surface area contributed by atoms with Gasteiger partial charge < -0.3 is 15.2 Å². The van der Waals surface area contributed by atoms with Crippen molar-refractivity contribution in [2.45, 2.75) is 13.8 Å². The van der Waals surface area contributed by atoms with Gasteiger partial charge in [-0.15, -0.1) is 0 Å². The summed E-state index contributed by atoms with van der Waals surface area (Å²) >= 11 is 0. The van der Waals surface area contributed by atoms with E-state index in [4.69, 9.17) is 15.2 Å². The minimum Gasteiger partial charge on any atom is -0.490 e. The number of ether oxygens (including phenoxy) is 2. The van der Waals surface area contributed by atoms with Crippen molar-refractivity contribution in [2.24, 2.45) is 0 Å². The normalized spacial score (nSPS) is 10.2. The van der Waals surface area contributed by atoms with Crippen LogP contribution in [0.5, 0.6) is 11.5 Å². The maximum absolute atomic E-state index is 5.71.